The van der Waals surface area contributed by atoms with Crippen LogP contribution >= 0.6 is 0 Å². The summed E-state index contributed by atoms with van der Waals surface area (Å²) in [4.78, 5) is 20.5. The molecule has 0 saturated heterocycles. The maximum absolute atomic E-state index is 12.2. The number of anilines is 3. The Kier molecular flexibility index (Phi) is 5.79. The van der Waals surface area contributed by atoms with E-state index < -0.39 is 6.03 Å². The van der Waals surface area contributed by atoms with Crippen LogP contribution < -0.4 is 16.0 Å². The number of urea groups is 1. The number of nitrogens with zero attached hydrogens (tertiary/aromatic N) is 3. The number of hydrogen-bond acceptors (Lipinski definition) is 6. The highest BCUT2D eigenvalue weighted by Crippen LogP contribution is 2.24. The summed E-state index contributed by atoms with van der Waals surface area (Å²) in [5, 5.41) is 12.1. The molecule has 0 atom stereocenters. The van der Waals surface area contributed by atoms with E-state index in [-0.39, 0.29) is 5.41 Å². The summed E-state index contributed by atoms with van der Waals surface area (Å²) < 4.78 is 5.26. The van der Waals surface area contributed by atoms with Gasteiger partial charge in [-0.2, -0.15) is 0 Å². The van der Waals surface area contributed by atoms with Crippen molar-refractivity contribution >= 4 is 23.5 Å². The molecule has 0 bridgehead atoms. The maximum Gasteiger partial charge on any atom is 0.324 e. The highest BCUT2D eigenvalue weighted by molar-refractivity contribution is 5.99. The van der Waals surface area contributed by atoms with E-state index in [0.717, 1.165) is 5.56 Å². The average Bonchev–Trinajstić information content (AvgIpc) is 3.16. The fourth-order valence-electron chi connectivity index (χ4n) is 2.31. The van der Waals surface area contributed by atoms with Gasteiger partial charge in [-0.25, -0.2) is 14.8 Å². The molecule has 1 aromatic carbocycles. The van der Waals surface area contributed by atoms with Crippen LogP contribution in [0.2, 0.25) is 0 Å². The zero-order valence-corrected chi connectivity index (χ0v) is 16.7. The molecule has 0 saturated carbocycles. The van der Waals surface area contributed by atoms with Crippen LogP contribution in [-0.4, -0.2) is 28.2 Å². The Hall–Kier alpha value is -3.86. The first kappa shape index (κ1) is 19.9. The molecule has 0 radical (unpaired) electrons. The Labute approximate surface area is 169 Å². The van der Waals surface area contributed by atoms with E-state index in [1.54, 1.807) is 37.6 Å². The summed E-state index contributed by atoms with van der Waals surface area (Å²) in [6.07, 6.45) is 3.29. The number of benzene rings is 1. The molecule has 8 nitrogen and oxygen atoms in total. The third-order valence-corrected chi connectivity index (χ3v) is 3.84. The molecular formula is C21H22N6O2. The molecule has 0 unspecified atom stereocenters. The largest absolute Gasteiger partial charge is 0.359 e. The second-order valence-electron chi connectivity index (χ2n) is 7.28. The van der Waals surface area contributed by atoms with Crippen molar-refractivity contribution in [3.05, 3.63) is 59.6 Å². The topological polar surface area (TPSA) is 105 Å². The van der Waals surface area contributed by atoms with Crippen molar-refractivity contribution in [1.82, 2.24) is 15.1 Å². The number of aromatic nitrogens is 3. The van der Waals surface area contributed by atoms with Crippen LogP contribution in [0, 0.1) is 11.8 Å². The van der Waals surface area contributed by atoms with Gasteiger partial charge in [0.2, 0.25) is 5.95 Å². The Morgan fingerprint density at radius 2 is 1.76 bits per heavy atom. The van der Waals surface area contributed by atoms with Crippen molar-refractivity contribution < 1.29 is 9.32 Å². The molecule has 2 amide bonds. The van der Waals surface area contributed by atoms with Gasteiger partial charge in [-0.05, 0) is 18.2 Å². The van der Waals surface area contributed by atoms with E-state index in [4.69, 9.17) is 4.52 Å². The van der Waals surface area contributed by atoms with Gasteiger partial charge in [0.15, 0.2) is 5.82 Å². The number of carbonyl (C=O) groups excluding carboxylic acids is 1. The fourth-order valence-corrected chi connectivity index (χ4v) is 2.31. The summed E-state index contributed by atoms with van der Waals surface area (Å²) >= 11 is 0. The lowest BCUT2D eigenvalue weighted by atomic mass is 9.93. The molecule has 0 spiro atoms. The fraction of sp³-hybridized carbons (Fsp3) is 0.238. The van der Waals surface area contributed by atoms with Crippen molar-refractivity contribution in [3.63, 3.8) is 0 Å². The van der Waals surface area contributed by atoms with Gasteiger partial charge in [0.25, 0.3) is 0 Å². The molecule has 0 fully saturated rings. The number of hydrogen-bond donors (Lipinski definition) is 3. The molecule has 29 heavy (non-hydrogen) atoms. The Bertz CT molecular complexity index is 1060. The smallest absolute Gasteiger partial charge is 0.324 e. The standard InChI is InChI=1S/C21H22N6O2/c1-21(2,3)17-11-18(27-29-17)26-20(28)25-16-7-5-6-14(10-16)8-9-15-12-23-19(22-4)24-13-15/h5-7,10-13H,1-4H3,(H,22,23,24)(H2,25,26,27,28). The summed E-state index contributed by atoms with van der Waals surface area (Å²) in [6, 6.07) is 8.51. The summed E-state index contributed by atoms with van der Waals surface area (Å²) in [5.74, 6) is 7.61. The van der Waals surface area contributed by atoms with Gasteiger partial charge in [0, 0.05) is 42.2 Å². The van der Waals surface area contributed by atoms with Crippen LogP contribution in [0.4, 0.5) is 22.2 Å². The van der Waals surface area contributed by atoms with E-state index in [1.165, 1.54) is 0 Å². The lowest BCUT2D eigenvalue weighted by molar-refractivity contribution is 0.262. The molecule has 2 heterocycles. The van der Waals surface area contributed by atoms with E-state index in [2.05, 4.69) is 42.9 Å². The number of carbonyl (C=O) groups is 1. The molecular weight excluding hydrogens is 368 g/mol. The van der Waals surface area contributed by atoms with E-state index in [1.807, 2.05) is 32.9 Å². The third-order valence-electron chi connectivity index (χ3n) is 3.84. The Morgan fingerprint density at radius 3 is 2.41 bits per heavy atom. The van der Waals surface area contributed by atoms with Crippen molar-refractivity contribution in [2.75, 3.05) is 23.0 Å². The van der Waals surface area contributed by atoms with Gasteiger partial charge in [-0.1, -0.05) is 43.8 Å². The van der Waals surface area contributed by atoms with Crippen LogP contribution in [0.25, 0.3) is 0 Å². The van der Waals surface area contributed by atoms with Crippen LogP contribution in [0.1, 0.15) is 37.7 Å². The monoisotopic (exact) mass is 390 g/mol. The first-order chi connectivity index (χ1) is 13.8. The highest BCUT2D eigenvalue weighted by atomic mass is 16.5. The summed E-state index contributed by atoms with van der Waals surface area (Å²) in [7, 11) is 1.75. The van der Waals surface area contributed by atoms with Crippen LogP contribution in [-0.2, 0) is 5.41 Å². The van der Waals surface area contributed by atoms with Crippen LogP contribution in [0.5, 0.6) is 0 Å². The van der Waals surface area contributed by atoms with E-state index in [0.29, 0.717) is 28.8 Å². The summed E-state index contributed by atoms with van der Waals surface area (Å²) in [6.45, 7) is 6.02. The van der Waals surface area contributed by atoms with Crippen molar-refractivity contribution in [2.24, 2.45) is 0 Å². The van der Waals surface area contributed by atoms with Crippen LogP contribution in [0.3, 0.4) is 0 Å². The second-order valence-corrected chi connectivity index (χ2v) is 7.28. The van der Waals surface area contributed by atoms with Gasteiger partial charge < -0.3 is 15.2 Å². The second kappa shape index (κ2) is 8.44. The number of rotatable bonds is 3. The SMILES string of the molecule is CNc1ncc(C#Cc2cccc(NC(=O)Nc3cc(C(C)(C)C)on3)c2)cn1. The van der Waals surface area contributed by atoms with Gasteiger partial charge in [-0.15, -0.1) is 0 Å². The quantitative estimate of drug-likeness (QED) is 0.587. The van der Waals surface area contributed by atoms with Gasteiger partial charge >= 0.3 is 6.03 Å². The first-order valence-electron chi connectivity index (χ1n) is 9.00. The zero-order chi connectivity index (χ0) is 20.9. The predicted molar refractivity (Wildman–Crippen MR) is 112 cm³/mol. The van der Waals surface area contributed by atoms with Crippen molar-refractivity contribution in [3.8, 4) is 11.8 Å². The minimum absolute atomic E-state index is 0.186. The zero-order valence-electron chi connectivity index (χ0n) is 16.7. The maximum atomic E-state index is 12.2. The lowest BCUT2D eigenvalue weighted by Crippen LogP contribution is -2.19. The van der Waals surface area contributed by atoms with Gasteiger partial charge in [-0.3, -0.25) is 5.32 Å². The molecule has 8 heteroatoms. The third kappa shape index (κ3) is 5.56. The Balaban J connectivity index is 1.64. The molecule has 3 N–H and O–H groups in total. The lowest BCUT2D eigenvalue weighted by Gasteiger charge is -2.12. The number of amides is 2. The number of nitrogens with one attached hydrogen (secondary N) is 3. The van der Waals surface area contributed by atoms with E-state index in [9.17, 15) is 4.79 Å². The molecule has 0 aliphatic carbocycles. The van der Waals surface area contributed by atoms with E-state index >= 15 is 0 Å². The minimum Gasteiger partial charge on any atom is -0.359 e. The van der Waals surface area contributed by atoms with Gasteiger partial charge in [0.05, 0.1) is 5.56 Å². The molecule has 2 aromatic heterocycles. The van der Waals surface area contributed by atoms with Crippen molar-refractivity contribution in [2.45, 2.75) is 26.2 Å². The molecule has 148 valence electrons. The summed E-state index contributed by atoms with van der Waals surface area (Å²) in [5.41, 5.74) is 1.86. The first-order valence-corrected chi connectivity index (χ1v) is 9.00. The molecule has 0 aliphatic rings. The molecule has 3 aromatic rings. The van der Waals surface area contributed by atoms with Crippen molar-refractivity contribution in [1.29, 1.82) is 0 Å². The van der Waals surface area contributed by atoms with Gasteiger partial charge in [0.1, 0.15) is 5.76 Å². The predicted octanol–water partition coefficient (Wildman–Crippen LogP) is 3.85. The normalized spacial score (nSPS) is 10.6. The average molecular weight is 390 g/mol. The Morgan fingerprint density at radius 1 is 1.03 bits per heavy atom. The van der Waals surface area contributed by atoms with Crippen LogP contribution in [0.15, 0.2) is 47.2 Å². The molecule has 0 aliphatic heterocycles. The minimum atomic E-state index is -0.417. The molecule has 3 rings (SSSR count). The highest BCUT2D eigenvalue weighted by Gasteiger charge is 2.20.